The highest BCUT2D eigenvalue weighted by atomic mass is 16.7. The number of carbonyl (C=O) groups is 5. The topological polar surface area (TPSA) is 173 Å². The first-order valence-corrected chi connectivity index (χ1v) is 18.2. The summed E-state index contributed by atoms with van der Waals surface area (Å²) >= 11 is 0. The van der Waals surface area contributed by atoms with E-state index in [-0.39, 0.29) is 30.7 Å². The number of pyridine rings is 1. The van der Waals surface area contributed by atoms with Crippen molar-refractivity contribution in [2.24, 2.45) is 28.1 Å². The Bertz CT molecular complexity index is 1670. The number of hydrogen-bond acceptors (Lipinski definition) is 8. The summed E-state index contributed by atoms with van der Waals surface area (Å²) in [4.78, 5) is 79.2. The molecule has 2 saturated carbocycles. The molecule has 50 heavy (non-hydrogen) atoms. The molecule has 1 aromatic carbocycles. The Labute approximate surface area is 293 Å². The van der Waals surface area contributed by atoms with Crippen molar-refractivity contribution in [2.75, 3.05) is 6.54 Å². The molecule has 2 aromatic rings. The number of carbonyl (C=O) groups excluding carboxylic acids is 5. The lowest BCUT2D eigenvalue weighted by molar-refractivity contribution is -0.145. The molecule has 268 valence electrons. The van der Waals surface area contributed by atoms with Gasteiger partial charge in [-0.2, -0.15) is 0 Å². The number of para-hydroxylation sites is 1. The standard InChI is InChI=1S/C38H50N6O6/c1-37(2,3)33(42-30(45)19-23-10-6-4-5-7-11-23)36(49)44-22-38(20-28(43-50-38)26-14-8-12-25-13-9-17-40-31(25)26)21-29(44)35(48)41-27(18-24-15-16-24)32(46)34(39)47/h8-9,12-14,17,23-24,27,29,33H,4-7,10-11,15-16,18-22H2,1-3H3,(H2,39,47)(H,41,48)(H,42,45)/t27-,29?,33+,38+/m0/s1. The van der Waals surface area contributed by atoms with E-state index in [0.29, 0.717) is 25.0 Å². The molecule has 1 unspecified atom stereocenters. The Morgan fingerprint density at radius 2 is 1.70 bits per heavy atom. The number of aromatic nitrogens is 1. The summed E-state index contributed by atoms with van der Waals surface area (Å²) in [6.07, 6.45) is 11.2. The molecule has 2 aliphatic heterocycles. The summed E-state index contributed by atoms with van der Waals surface area (Å²) in [6, 6.07) is 6.60. The van der Waals surface area contributed by atoms with Crippen LogP contribution in [-0.4, -0.2) is 75.3 Å². The number of hydrogen-bond donors (Lipinski definition) is 3. The van der Waals surface area contributed by atoms with Crippen LogP contribution < -0.4 is 16.4 Å². The van der Waals surface area contributed by atoms with E-state index in [0.717, 1.165) is 55.0 Å². The van der Waals surface area contributed by atoms with Gasteiger partial charge in [-0.25, -0.2) is 0 Å². The second kappa shape index (κ2) is 14.5. The van der Waals surface area contributed by atoms with Crippen molar-refractivity contribution in [3.63, 3.8) is 0 Å². The first-order valence-electron chi connectivity index (χ1n) is 18.2. The van der Waals surface area contributed by atoms with E-state index in [1.807, 2.05) is 51.1 Å². The molecule has 1 saturated heterocycles. The quantitative estimate of drug-likeness (QED) is 0.237. The SMILES string of the molecule is CC(C)(C)[C@H](NC(=O)CC1CCCCCC1)C(=O)N1C[C@@]2(CC(c3cccc4cccnc34)=NO2)CC1C(=O)N[C@@H](CC1CC1)C(=O)C(N)=O. The lowest BCUT2D eigenvalue weighted by Crippen LogP contribution is -2.59. The Morgan fingerprint density at radius 3 is 2.38 bits per heavy atom. The number of fused-ring (bicyclic) bond motifs is 1. The summed E-state index contributed by atoms with van der Waals surface area (Å²) < 4.78 is 0. The van der Waals surface area contributed by atoms with Gasteiger partial charge in [0, 0.05) is 36.4 Å². The molecule has 4 aliphatic rings. The zero-order valence-corrected chi connectivity index (χ0v) is 29.4. The van der Waals surface area contributed by atoms with Gasteiger partial charge < -0.3 is 26.1 Å². The number of rotatable bonds is 11. The molecular formula is C38H50N6O6. The molecule has 2 aliphatic carbocycles. The molecule has 1 spiro atoms. The van der Waals surface area contributed by atoms with E-state index in [2.05, 4.69) is 20.8 Å². The highest BCUT2D eigenvalue weighted by Crippen LogP contribution is 2.41. The van der Waals surface area contributed by atoms with Crippen LogP contribution >= 0.6 is 0 Å². The van der Waals surface area contributed by atoms with Crippen molar-refractivity contribution in [3.05, 3.63) is 42.1 Å². The smallest absolute Gasteiger partial charge is 0.287 e. The zero-order valence-electron chi connectivity index (χ0n) is 29.4. The number of nitrogens with one attached hydrogen (secondary N) is 2. The fourth-order valence-electron chi connectivity index (χ4n) is 7.83. The Morgan fingerprint density at radius 1 is 0.980 bits per heavy atom. The maximum absolute atomic E-state index is 14.7. The fraction of sp³-hybridized carbons (Fsp3) is 0.605. The van der Waals surface area contributed by atoms with Crippen molar-refractivity contribution in [3.8, 4) is 0 Å². The van der Waals surface area contributed by atoms with Gasteiger partial charge in [0.25, 0.3) is 5.91 Å². The lowest BCUT2D eigenvalue weighted by atomic mass is 9.85. The second-order valence-corrected chi connectivity index (χ2v) is 16.0. The lowest BCUT2D eigenvalue weighted by Gasteiger charge is -2.36. The van der Waals surface area contributed by atoms with Crippen molar-refractivity contribution in [2.45, 2.75) is 122 Å². The van der Waals surface area contributed by atoms with Crippen LogP contribution in [0.2, 0.25) is 0 Å². The normalized spacial score (nSPS) is 23.9. The number of amides is 4. The van der Waals surface area contributed by atoms with Gasteiger partial charge in [0.2, 0.25) is 23.5 Å². The number of Topliss-reactive ketones (excluding diaryl/α,β-unsaturated/α-hetero) is 1. The molecule has 3 fully saturated rings. The number of nitrogens with two attached hydrogens (primary N) is 1. The van der Waals surface area contributed by atoms with Gasteiger partial charge >= 0.3 is 0 Å². The summed E-state index contributed by atoms with van der Waals surface area (Å²) in [5.41, 5.74) is 5.88. The molecule has 12 heteroatoms. The molecule has 12 nitrogen and oxygen atoms in total. The molecule has 0 radical (unpaired) electrons. The summed E-state index contributed by atoms with van der Waals surface area (Å²) in [5.74, 6) is -2.64. The molecule has 4 atom stereocenters. The Kier molecular flexibility index (Phi) is 10.3. The van der Waals surface area contributed by atoms with Crippen molar-refractivity contribution in [1.82, 2.24) is 20.5 Å². The molecule has 3 heterocycles. The van der Waals surface area contributed by atoms with Gasteiger partial charge in [0.05, 0.1) is 23.8 Å². The third kappa shape index (κ3) is 8.00. The van der Waals surface area contributed by atoms with E-state index in [1.54, 1.807) is 6.20 Å². The largest absolute Gasteiger partial charge is 0.387 e. The third-order valence-corrected chi connectivity index (χ3v) is 10.8. The van der Waals surface area contributed by atoms with E-state index >= 15 is 0 Å². The Hall–Kier alpha value is -4.35. The summed E-state index contributed by atoms with van der Waals surface area (Å²) in [6.45, 7) is 5.71. The number of oxime groups is 1. The predicted molar refractivity (Wildman–Crippen MR) is 187 cm³/mol. The average molecular weight is 687 g/mol. The average Bonchev–Trinajstić information content (AvgIpc) is 3.77. The van der Waals surface area contributed by atoms with E-state index < -0.39 is 52.6 Å². The minimum Gasteiger partial charge on any atom is -0.387 e. The van der Waals surface area contributed by atoms with Crippen LogP contribution in [0.1, 0.15) is 103 Å². The first-order chi connectivity index (χ1) is 23.8. The molecule has 4 N–H and O–H groups in total. The number of primary amides is 1. The maximum Gasteiger partial charge on any atom is 0.287 e. The molecule has 4 amide bonds. The van der Waals surface area contributed by atoms with Crippen LogP contribution in [-0.2, 0) is 28.8 Å². The number of ketones is 1. The van der Waals surface area contributed by atoms with Crippen molar-refractivity contribution >= 4 is 46.0 Å². The van der Waals surface area contributed by atoms with Crippen LogP contribution in [0.15, 0.2) is 41.7 Å². The highest BCUT2D eigenvalue weighted by Gasteiger charge is 2.56. The van der Waals surface area contributed by atoms with Crippen LogP contribution in [0.5, 0.6) is 0 Å². The van der Waals surface area contributed by atoms with Crippen LogP contribution in [0.4, 0.5) is 0 Å². The summed E-state index contributed by atoms with van der Waals surface area (Å²) in [7, 11) is 0. The van der Waals surface area contributed by atoms with Crippen molar-refractivity contribution < 1.29 is 28.8 Å². The fourth-order valence-corrected chi connectivity index (χ4v) is 7.83. The molecular weight excluding hydrogens is 636 g/mol. The molecule has 0 bridgehead atoms. The van der Waals surface area contributed by atoms with Gasteiger partial charge in [0.1, 0.15) is 12.1 Å². The van der Waals surface area contributed by atoms with Gasteiger partial charge in [-0.3, -0.25) is 29.0 Å². The monoisotopic (exact) mass is 686 g/mol. The molecule has 1 aromatic heterocycles. The maximum atomic E-state index is 14.7. The summed E-state index contributed by atoms with van der Waals surface area (Å²) in [5, 5.41) is 11.2. The first kappa shape index (κ1) is 35.5. The van der Waals surface area contributed by atoms with E-state index in [1.165, 1.54) is 17.7 Å². The van der Waals surface area contributed by atoms with Crippen molar-refractivity contribution in [1.29, 1.82) is 0 Å². The van der Waals surface area contributed by atoms with Gasteiger partial charge in [-0.05, 0) is 42.6 Å². The minimum absolute atomic E-state index is 0.0389. The minimum atomic E-state index is -1.11. The molecule has 6 rings (SSSR count). The Balaban J connectivity index is 1.26. The number of likely N-dealkylation sites (tertiary alicyclic amines) is 1. The third-order valence-electron chi connectivity index (χ3n) is 10.8. The van der Waals surface area contributed by atoms with Gasteiger partial charge in [-0.1, -0.05) is 88.7 Å². The van der Waals surface area contributed by atoms with Crippen LogP contribution in [0.25, 0.3) is 10.9 Å². The second-order valence-electron chi connectivity index (χ2n) is 16.0. The predicted octanol–water partition coefficient (Wildman–Crippen LogP) is 3.93. The van der Waals surface area contributed by atoms with Crippen LogP contribution in [0, 0.1) is 17.3 Å². The number of nitrogens with zero attached hydrogens (tertiary/aromatic N) is 3. The van der Waals surface area contributed by atoms with E-state index in [4.69, 9.17) is 10.6 Å². The number of benzene rings is 1. The zero-order chi connectivity index (χ0) is 35.6. The van der Waals surface area contributed by atoms with E-state index in [9.17, 15) is 24.0 Å². The van der Waals surface area contributed by atoms with Gasteiger partial charge in [0.15, 0.2) is 5.60 Å². The van der Waals surface area contributed by atoms with Crippen LogP contribution in [0.3, 0.4) is 0 Å². The highest BCUT2D eigenvalue weighted by molar-refractivity contribution is 6.37. The van der Waals surface area contributed by atoms with Gasteiger partial charge in [-0.15, -0.1) is 0 Å².